The first kappa shape index (κ1) is 13.8. The molecule has 2 aliphatic rings. The number of ether oxygens (including phenoxy) is 1. The molecule has 4 nitrogen and oxygen atoms in total. The second kappa shape index (κ2) is 6.02. The first-order valence-electron chi connectivity index (χ1n) is 7.17. The topological polar surface area (TPSA) is 50.4 Å². The number of hydrogen-bond acceptors (Lipinski definition) is 3. The van der Waals surface area contributed by atoms with Gasteiger partial charge in [0, 0.05) is 19.2 Å². The third-order valence-corrected chi connectivity index (χ3v) is 4.26. The van der Waals surface area contributed by atoms with Crippen molar-refractivity contribution >= 4 is 5.91 Å². The van der Waals surface area contributed by atoms with Crippen LogP contribution >= 0.6 is 0 Å². The van der Waals surface area contributed by atoms with Crippen molar-refractivity contribution in [3.63, 3.8) is 0 Å². The molecule has 1 aliphatic heterocycles. The van der Waals surface area contributed by atoms with E-state index in [0.717, 1.165) is 25.7 Å². The van der Waals surface area contributed by atoms with E-state index >= 15 is 0 Å². The maximum atomic E-state index is 12.2. The van der Waals surface area contributed by atoms with Crippen LogP contribution in [0.5, 0.6) is 0 Å². The van der Waals surface area contributed by atoms with Gasteiger partial charge in [-0.2, -0.15) is 0 Å². The minimum Gasteiger partial charge on any atom is -0.381 e. The van der Waals surface area contributed by atoms with E-state index in [1.165, 1.54) is 6.42 Å². The van der Waals surface area contributed by atoms with Crippen LogP contribution in [-0.4, -0.2) is 37.2 Å². The Bertz CT molecular complexity index is 286. The third-order valence-electron chi connectivity index (χ3n) is 4.26. The SMILES string of the molecule is COC1CCC(NC(=O)C2CC(C)CC(C)N2)C1. The van der Waals surface area contributed by atoms with E-state index < -0.39 is 0 Å². The molecule has 0 bridgehead atoms. The Morgan fingerprint density at radius 2 is 2.00 bits per heavy atom. The molecule has 5 atom stereocenters. The fraction of sp³-hybridized carbons (Fsp3) is 0.929. The second-order valence-electron chi connectivity index (χ2n) is 6.07. The van der Waals surface area contributed by atoms with Gasteiger partial charge in [-0.25, -0.2) is 0 Å². The van der Waals surface area contributed by atoms with Crippen LogP contribution in [0.15, 0.2) is 0 Å². The van der Waals surface area contributed by atoms with Gasteiger partial charge in [0.1, 0.15) is 0 Å². The van der Waals surface area contributed by atoms with Gasteiger partial charge in [-0.15, -0.1) is 0 Å². The molecule has 104 valence electrons. The van der Waals surface area contributed by atoms with Crippen molar-refractivity contribution in [1.29, 1.82) is 0 Å². The van der Waals surface area contributed by atoms with Crippen molar-refractivity contribution < 1.29 is 9.53 Å². The number of carbonyl (C=O) groups is 1. The van der Waals surface area contributed by atoms with E-state index in [9.17, 15) is 4.79 Å². The highest BCUT2D eigenvalue weighted by atomic mass is 16.5. The van der Waals surface area contributed by atoms with Crippen LogP contribution in [0.3, 0.4) is 0 Å². The fourth-order valence-corrected chi connectivity index (χ4v) is 3.35. The zero-order valence-corrected chi connectivity index (χ0v) is 11.7. The Balaban J connectivity index is 1.81. The van der Waals surface area contributed by atoms with Gasteiger partial charge in [-0.1, -0.05) is 6.92 Å². The summed E-state index contributed by atoms with van der Waals surface area (Å²) in [6.45, 7) is 4.39. The monoisotopic (exact) mass is 254 g/mol. The third kappa shape index (κ3) is 3.45. The van der Waals surface area contributed by atoms with Crippen molar-refractivity contribution in [2.75, 3.05) is 7.11 Å². The summed E-state index contributed by atoms with van der Waals surface area (Å²) in [6.07, 6.45) is 5.51. The van der Waals surface area contributed by atoms with E-state index in [-0.39, 0.29) is 11.9 Å². The predicted molar refractivity (Wildman–Crippen MR) is 71.4 cm³/mol. The van der Waals surface area contributed by atoms with Crippen LogP contribution in [0.1, 0.15) is 46.0 Å². The number of hydrogen-bond donors (Lipinski definition) is 2. The number of rotatable bonds is 3. The van der Waals surface area contributed by atoms with Gasteiger partial charge in [0.25, 0.3) is 0 Å². The molecule has 0 radical (unpaired) electrons. The molecular formula is C14H26N2O2. The zero-order chi connectivity index (χ0) is 13.1. The molecule has 5 unspecified atom stereocenters. The highest BCUT2D eigenvalue weighted by Crippen LogP contribution is 2.23. The molecule has 1 amide bonds. The number of methoxy groups -OCH3 is 1. The van der Waals surface area contributed by atoms with E-state index in [0.29, 0.717) is 24.1 Å². The maximum absolute atomic E-state index is 12.2. The second-order valence-corrected chi connectivity index (χ2v) is 6.07. The van der Waals surface area contributed by atoms with Crippen LogP contribution in [0.4, 0.5) is 0 Å². The first-order chi connectivity index (χ1) is 8.58. The average Bonchev–Trinajstić information content (AvgIpc) is 2.75. The van der Waals surface area contributed by atoms with Gasteiger partial charge < -0.3 is 15.4 Å². The molecule has 2 rings (SSSR count). The summed E-state index contributed by atoms with van der Waals surface area (Å²) in [7, 11) is 1.75. The summed E-state index contributed by atoms with van der Waals surface area (Å²) < 4.78 is 5.34. The Morgan fingerprint density at radius 3 is 2.61 bits per heavy atom. The first-order valence-corrected chi connectivity index (χ1v) is 7.17. The van der Waals surface area contributed by atoms with Crippen molar-refractivity contribution in [3.05, 3.63) is 0 Å². The Hall–Kier alpha value is -0.610. The number of carbonyl (C=O) groups excluding carboxylic acids is 1. The molecule has 4 heteroatoms. The highest BCUT2D eigenvalue weighted by Gasteiger charge is 2.31. The number of piperidine rings is 1. The predicted octanol–water partition coefficient (Wildman–Crippen LogP) is 1.45. The zero-order valence-electron chi connectivity index (χ0n) is 11.7. The van der Waals surface area contributed by atoms with Gasteiger partial charge in [0.15, 0.2) is 0 Å². The van der Waals surface area contributed by atoms with Crippen LogP contribution < -0.4 is 10.6 Å². The lowest BCUT2D eigenvalue weighted by Crippen LogP contribution is -2.53. The summed E-state index contributed by atoms with van der Waals surface area (Å²) in [5, 5.41) is 6.57. The normalized spacial score (nSPS) is 40.7. The Kier molecular flexibility index (Phi) is 4.62. The van der Waals surface area contributed by atoms with Crippen molar-refractivity contribution in [2.45, 2.75) is 70.2 Å². The van der Waals surface area contributed by atoms with Gasteiger partial charge in [-0.3, -0.25) is 4.79 Å². The molecule has 2 N–H and O–H groups in total. The molecule has 1 saturated heterocycles. The van der Waals surface area contributed by atoms with Crippen molar-refractivity contribution in [1.82, 2.24) is 10.6 Å². The molecule has 2 fully saturated rings. The lowest BCUT2D eigenvalue weighted by atomic mass is 9.89. The van der Waals surface area contributed by atoms with Gasteiger partial charge >= 0.3 is 0 Å². The molecule has 0 spiro atoms. The Morgan fingerprint density at radius 1 is 1.22 bits per heavy atom. The Labute approximate surface area is 110 Å². The molecule has 1 aliphatic carbocycles. The van der Waals surface area contributed by atoms with Crippen molar-refractivity contribution in [3.8, 4) is 0 Å². The summed E-state index contributed by atoms with van der Waals surface area (Å²) in [4.78, 5) is 12.2. The average molecular weight is 254 g/mol. The summed E-state index contributed by atoms with van der Waals surface area (Å²) in [5.41, 5.74) is 0. The summed E-state index contributed by atoms with van der Waals surface area (Å²) in [6, 6.07) is 0.738. The largest absolute Gasteiger partial charge is 0.381 e. The van der Waals surface area contributed by atoms with Gasteiger partial charge in [0.05, 0.1) is 12.1 Å². The molecule has 1 heterocycles. The minimum atomic E-state index is -0.00894. The quantitative estimate of drug-likeness (QED) is 0.801. The van der Waals surface area contributed by atoms with Gasteiger partial charge in [0.2, 0.25) is 5.91 Å². The molecule has 0 aromatic rings. The summed E-state index contributed by atoms with van der Waals surface area (Å²) in [5.74, 6) is 0.808. The molecule has 0 aromatic heterocycles. The van der Waals surface area contributed by atoms with Crippen molar-refractivity contribution in [2.24, 2.45) is 5.92 Å². The van der Waals surface area contributed by atoms with E-state index in [2.05, 4.69) is 24.5 Å². The fourth-order valence-electron chi connectivity index (χ4n) is 3.35. The standard InChI is InChI=1S/C14H26N2O2/c1-9-6-10(2)15-13(7-9)14(17)16-11-4-5-12(8-11)18-3/h9-13,15H,4-8H2,1-3H3,(H,16,17). The smallest absolute Gasteiger partial charge is 0.237 e. The van der Waals surface area contributed by atoms with Crippen LogP contribution in [0.2, 0.25) is 0 Å². The lowest BCUT2D eigenvalue weighted by molar-refractivity contribution is -0.125. The van der Waals surface area contributed by atoms with Crippen LogP contribution in [0.25, 0.3) is 0 Å². The maximum Gasteiger partial charge on any atom is 0.237 e. The van der Waals surface area contributed by atoms with Crippen LogP contribution in [-0.2, 0) is 9.53 Å². The van der Waals surface area contributed by atoms with E-state index in [1.54, 1.807) is 7.11 Å². The highest BCUT2D eigenvalue weighted by molar-refractivity contribution is 5.82. The minimum absolute atomic E-state index is 0.00894. The van der Waals surface area contributed by atoms with Crippen LogP contribution in [0, 0.1) is 5.92 Å². The number of nitrogens with one attached hydrogen (secondary N) is 2. The molecule has 1 saturated carbocycles. The summed E-state index contributed by atoms with van der Waals surface area (Å²) >= 11 is 0. The molecule has 0 aromatic carbocycles. The number of amides is 1. The van der Waals surface area contributed by atoms with Gasteiger partial charge in [-0.05, 0) is 44.9 Å². The molecule has 18 heavy (non-hydrogen) atoms. The van der Waals surface area contributed by atoms with E-state index in [4.69, 9.17) is 4.74 Å². The molecular weight excluding hydrogens is 228 g/mol. The lowest BCUT2D eigenvalue weighted by Gasteiger charge is -2.32. The van der Waals surface area contributed by atoms with E-state index in [1.807, 2.05) is 0 Å².